The molecule has 1 aliphatic carbocycles. The molecule has 2 aromatic heterocycles. The van der Waals surface area contributed by atoms with Gasteiger partial charge in [0.15, 0.2) is 0 Å². The summed E-state index contributed by atoms with van der Waals surface area (Å²) >= 11 is 3.45. The predicted octanol–water partition coefficient (Wildman–Crippen LogP) is 3.22. The van der Waals surface area contributed by atoms with E-state index in [2.05, 4.69) is 43.5 Å². The van der Waals surface area contributed by atoms with E-state index in [1.165, 1.54) is 29.8 Å². The average Bonchev–Trinajstić information content (AvgIpc) is 2.73. The van der Waals surface area contributed by atoms with Gasteiger partial charge >= 0.3 is 0 Å². The van der Waals surface area contributed by atoms with Crippen LogP contribution in [-0.2, 0) is 12.8 Å². The number of imidazole rings is 1. The van der Waals surface area contributed by atoms with Crippen LogP contribution < -0.4 is 0 Å². The van der Waals surface area contributed by atoms with E-state index < -0.39 is 0 Å². The second-order valence-electron chi connectivity index (χ2n) is 4.51. The van der Waals surface area contributed by atoms with Gasteiger partial charge in [-0.15, -0.1) is 0 Å². The molecule has 0 atom stereocenters. The second kappa shape index (κ2) is 4.26. The Morgan fingerprint density at radius 3 is 2.88 bits per heavy atom. The largest absolute Gasteiger partial charge is 0.287 e. The molecule has 17 heavy (non-hydrogen) atoms. The summed E-state index contributed by atoms with van der Waals surface area (Å²) in [5, 5.41) is 0. The Bertz CT molecular complexity index is 560. The van der Waals surface area contributed by atoms with Crippen LogP contribution in [0.4, 0.5) is 0 Å². The first-order valence-corrected chi connectivity index (χ1v) is 6.72. The molecule has 2 heterocycles. The van der Waals surface area contributed by atoms with Crippen molar-refractivity contribution in [2.45, 2.75) is 32.6 Å². The van der Waals surface area contributed by atoms with E-state index in [-0.39, 0.29) is 0 Å². The van der Waals surface area contributed by atoms with Crippen molar-refractivity contribution in [3.63, 3.8) is 0 Å². The summed E-state index contributed by atoms with van der Waals surface area (Å²) in [6.07, 6.45) is 8.51. The van der Waals surface area contributed by atoms with Crippen LogP contribution in [0.1, 0.15) is 29.8 Å². The van der Waals surface area contributed by atoms with Crippen LogP contribution in [-0.4, -0.2) is 14.5 Å². The van der Waals surface area contributed by atoms with Crippen LogP contribution in [0.5, 0.6) is 0 Å². The second-order valence-corrected chi connectivity index (χ2v) is 5.42. The number of halogens is 1. The third-order valence-corrected chi connectivity index (χ3v) is 3.71. The molecule has 0 saturated heterocycles. The van der Waals surface area contributed by atoms with Crippen LogP contribution in [0.2, 0.25) is 0 Å². The predicted molar refractivity (Wildman–Crippen MR) is 70.4 cm³/mol. The maximum atomic E-state index is 4.51. The summed E-state index contributed by atoms with van der Waals surface area (Å²) in [5.74, 6) is 1.00. The lowest BCUT2D eigenvalue weighted by molar-refractivity contribution is 0.653. The van der Waals surface area contributed by atoms with Gasteiger partial charge in [0, 0.05) is 16.4 Å². The number of hydrogen-bond acceptors (Lipinski definition) is 2. The number of rotatable bonds is 1. The zero-order chi connectivity index (χ0) is 11.8. The summed E-state index contributed by atoms with van der Waals surface area (Å²) in [7, 11) is 0. The standard InChI is InChI=1S/C13H14BrN3/c1-9-6-10(14)7-15-13(9)17-8-16-11-4-2-3-5-12(11)17/h6-8H,2-5H2,1H3. The minimum Gasteiger partial charge on any atom is -0.287 e. The van der Waals surface area contributed by atoms with E-state index in [1.54, 1.807) is 0 Å². The smallest absolute Gasteiger partial charge is 0.141 e. The summed E-state index contributed by atoms with van der Waals surface area (Å²) in [6.45, 7) is 2.09. The van der Waals surface area contributed by atoms with Gasteiger partial charge in [-0.25, -0.2) is 9.97 Å². The monoisotopic (exact) mass is 291 g/mol. The third-order valence-electron chi connectivity index (χ3n) is 3.28. The number of fused-ring (bicyclic) bond motifs is 1. The quantitative estimate of drug-likeness (QED) is 0.808. The molecular weight excluding hydrogens is 278 g/mol. The molecule has 0 radical (unpaired) electrons. The highest BCUT2D eigenvalue weighted by Gasteiger charge is 2.17. The zero-order valence-electron chi connectivity index (χ0n) is 9.78. The van der Waals surface area contributed by atoms with Crippen molar-refractivity contribution in [3.05, 3.63) is 40.0 Å². The molecule has 2 aromatic rings. The Morgan fingerprint density at radius 2 is 2.06 bits per heavy atom. The van der Waals surface area contributed by atoms with Gasteiger partial charge in [0.2, 0.25) is 0 Å². The average molecular weight is 292 g/mol. The van der Waals surface area contributed by atoms with Crippen molar-refractivity contribution >= 4 is 15.9 Å². The lowest BCUT2D eigenvalue weighted by atomic mass is 10.0. The van der Waals surface area contributed by atoms with E-state index >= 15 is 0 Å². The minimum absolute atomic E-state index is 1.00. The fourth-order valence-corrected chi connectivity index (χ4v) is 2.88. The van der Waals surface area contributed by atoms with Crippen LogP contribution in [0.25, 0.3) is 5.82 Å². The van der Waals surface area contributed by atoms with Gasteiger partial charge in [0.1, 0.15) is 12.1 Å². The molecule has 0 aliphatic heterocycles. The molecule has 0 bridgehead atoms. The van der Waals surface area contributed by atoms with Gasteiger partial charge in [-0.2, -0.15) is 0 Å². The molecule has 3 rings (SSSR count). The van der Waals surface area contributed by atoms with Crippen LogP contribution in [0.15, 0.2) is 23.1 Å². The van der Waals surface area contributed by atoms with E-state index in [0.29, 0.717) is 0 Å². The van der Waals surface area contributed by atoms with Crippen molar-refractivity contribution in [1.82, 2.24) is 14.5 Å². The molecule has 0 N–H and O–H groups in total. The Hall–Kier alpha value is -1.16. The van der Waals surface area contributed by atoms with E-state index in [0.717, 1.165) is 23.1 Å². The van der Waals surface area contributed by atoms with Crippen LogP contribution in [0.3, 0.4) is 0 Å². The minimum atomic E-state index is 1.00. The Kier molecular flexibility index (Phi) is 2.74. The van der Waals surface area contributed by atoms with Gasteiger partial charge < -0.3 is 0 Å². The molecule has 4 heteroatoms. The van der Waals surface area contributed by atoms with E-state index in [4.69, 9.17) is 0 Å². The maximum Gasteiger partial charge on any atom is 0.141 e. The number of aromatic nitrogens is 3. The molecule has 0 saturated carbocycles. The van der Waals surface area contributed by atoms with E-state index in [1.807, 2.05) is 12.5 Å². The Labute approximate surface area is 109 Å². The highest BCUT2D eigenvalue weighted by molar-refractivity contribution is 9.10. The summed E-state index contributed by atoms with van der Waals surface area (Å²) in [4.78, 5) is 9.01. The van der Waals surface area contributed by atoms with Gasteiger partial charge in [-0.1, -0.05) is 0 Å². The van der Waals surface area contributed by atoms with Crippen molar-refractivity contribution < 1.29 is 0 Å². The van der Waals surface area contributed by atoms with Crippen molar-refractivity contribution in [2.75, 3.05) is 0 Å². The van der Waals surface area contributed by atoms with E-state index in [9.17, 15) is 0 Å². The Balaban J connectivity index is 2.12. The van der Waals surface area contributed by atoms with Crippen LogP contribution in [0, 0.1) is 6.92 Å². The van der Waals surface area contributed by atoms with Crippen molar-refractivity contribution in [2.24, 2.45) is 0 Å². The molecule has 0 amide bonds. The molecule has 88 valence electrons. The molecule has 0 aromatic carbocycles. The number of nitrogens with zero attached hydrogens (tertiary/aromatic N) is 3. The maximum absolute atomic E-state index is 4.51. The van der Waals surface area contributed by atoms with Gasteiger partial charge in [-0.05, 0) is 60.2 Å². The summed E-state index contributed by atoms with van der Waals surface area (Å²) in [6, 6.07) is 2.09. The topological polar surface area (TPSA) is 30.7 Å². The van der Waals surface area contributed by atoms with Gasteiger partial charge in [-0.3, -0.25) is 4.57 Å². The lowest BCUT2D eigenvalue weighted by Crippen LogP contribution is -2.08. The molecule has 3 nitrogen and oxygen atoms in total. The molecule has 0 unspecified atom stereocenters. The van der Waals surface area contributed by atoms with Gasteiger partial charge in [0.25, 0.3) is 0 Å². The summed E-state index contributed by atoms with van der Waals surface area (Å²) < 4.78 is 3.17. The Morgan fingerprint density at radius 1 is 1.24 bits per heavy atom. The summed E-state index contributed by atoms with van der Waals surface area (Å²) in [5.41, 5.74) is 3.76. The molecule has 1 aliphatic rings. The van der Waals surface area contributed by atoms with Crippen molar-refractivity contribution in [3.8, 4) is 5.82 Å². The van der Waals surface area contributed by atoms with Gasteiger partial charge in [0.05, 0.1) is 5.69 Å². The number of pyridine rings is 1. The number of hydrogen-bond donors (Lipinski definition) is 0. The first kappa shape index (κ1) is 11.0. The number of aryl methyl sites for hydroxylation is 2. The first-order valence-electron chi connectivity index (χ1n) is 5.93. The zero-order valence-corrected chi connectivity index (χ0v) is 11.4. The fourth-order valence-electron chi connectivity index (χ4n) is 2.44. The lowest BCUT2D eigenvalue weighted by Gasteiger charge is -2.14. The molecule has 0 fully saturated rings. The van der Waals surface area contributed by atoms with Crippen LogP contribution >= 0.6 is 15.9 Å². The third kappa shape index (κ3) is 1.90. The van der Waals surface area contributed by atoms with Crippen molar-refractivity contribution in [1.29, 1.82) is 0 Å². The normalized spacial score (nSPS) is 14.7. The molecule has 0 spiro atoms. The fraction of sp³-hybridized carbons (Fsp3) is 0.385. The highest BCUT2D eigenvalue weighted by atomic mass is 79.9. The SMILES string of the molecule is Cc1cc(Br)cnc1-n1cnc2c1CCCC2. The highest BCUT2D eigenvalue weighted by Crippen LogP contribution is 2.24. The molecular formula is C13H14BrN3. The first-order chi connectivity index (χ1) is 8.25.